The molecule has 1 unspecified atom stereocenters. The molecule has 1 heterocycles. The average molecular weight is 383 g/mol. The second kappa shape index (κ2) is 7.89. The molecule has 20 heavy (non-hydrogen) atoms. The highest BCUT2D eigenvalue weighted by atomic mass is 79.9. The lowest BCUT2D eigenvalue weighted by atomic mass is 10.1. The normalized spacial score (nSPS) is 13.9. The molecule has 0 saturated carbocycles. The van der Waals surface area contributed by atoms with Gasteiger partial charge in [0.25, 0.3) is 0 Å². The monoisotopic (exact) mass is 382 g/mol. The molecule has 4 nitrogen and oxygen atoms in total. The van der Waals surface area contributed by atoms with Gasteiger partial charge in [-0.1, -0.05) is 20.8 Å². The summed E-state index contributed by atoms with van der Waals surface area (Å²) in [7, 11) is -3.46. The number of thiophene rings is 1. The van der Waals surface area contributed by atoms with Crippen LogP contribution in [0.2, 0.25) is 0 Å². The first-order valence-electron chi connectivity index (χ1n) is 6.79. The molecule has 0 aliphatic heterocycles. The van der Waals surface area contributed by atoms with Crippen molar-refractivity contribution in [3.8, 4) is 0 Å². The lowest BCUT2D eigenvalue weighted by Crippen LogP contribution is -2.36. The largest absolute Gasteiger partial charge is 0.312 e. The maximum absolute atomic E-state index is 12.4. The van der Waals surface area contributed by atoms with Gasteiger partial charge >= 0.3 is 0 Å². The van der Waals surface area contributed by atoms with Crippen LogP contribution in [-0.4, -0.2) is 21.0 Å². The van der Waals surface area contributed by atoms with Gasteiger partial charge in [0.05, 0.1) is 3.79 Å². The predicted molar refractivity (Wildman–Crippen MR) is 88.6 cm³/mol. The average Bonchev–Trinajstić information content (AvgIpc) is 2.71. The van der Waals surface area contributed by atoms with Crippen molar-refractivity contribution in [2.75, 3.05) is 6.54 Å². The fourth-order valence-electron chi connectivity index (χ4n) is 1.50. The zero-order chi connectivity index (χ0) is 15.3. The van der Waals surface area contributed by atoms with Crippen molar-refractivity contribution in [1.29, 1.82) is 0 Å². The van der Waals surface area contributed by atoms with Crippen molar-refractivity contribution in [1.82, 2.24) is 10.0 Å². The van der Waals surface area contributed by atoms with E-state index in [1.165, 1.54) is 11.3 Å². The van der Waals surface area contributed by atoms with Gasteiger partial charge in [-0.15, -0.1) is 11.3 Å². The molecule has 0 amide bonds. The molecule has 0 fully saturated rings. The quantitative estimate of drug-likeness (QED) is 0.677. The van der Waals surface area contributed by atoms with Crippen molar-refractivity contribution in [2.45, 2.75) is 51.6 Å². The Balaban J connectivity index is 2.84. The van der Waals surface area contributed by atoms with E-state index in [4.69, 9.17) is 0 Å². The molecule has 1 atom stereocenters. The highest BCUT2D eigenvalue weighted by molar-refractivity contribution is 9.11. The van der Waals surface area contributed by atoms with Gasteiger partial charge in [-0.2, -0.15) is 0 Å². The maximum atomic E-state index is 12.4. The summed E-state index contributed by atoms with van der Waals surface area (Å²) in [6.45, 7) is 9.61. The Morgan fingerprint density at radius 2 is 2.00 bits per heavy atom. The molecule has 0 aliphatic rings. The molecule has 1 aromatic rings. The van der Waals surface area contributed by atoms with E-state index in [-0.39, 0.29) is 12.0 Å². The van der Waals surface area contributed by atoms with Crippen LogP contribution in [0.3, 0.4) is 0 Å². The zero-order valence-corrected chi connectivity index (χ0v) is 15.6. The summed E-state index contributed by atoms with van der Waals surface area (Å²) < 4.78 is 28.1. The van der Waals surface area contributed by atoms with E-state index in [9.17, 15) is 8.42 Å². The molecule has 0 aromatic carbocycles. The minimum atomic E-state index is -3.46. The Kier molecular flexibility index (Phi) is 7.14. The van der Waals surface area contributed by atoms with Crippen LogP contribution in [0.5, 0.6) is 0 Å². The van der Waals surface area contributed by atoms with Gasteiger partial charge in [-0.05, 0) is 47.8 Å². The fourth-order valence-corrected chi connectivity index (χ4v) is 5.55. The number of hydrogen-bond donors (Lipinski definition) is 2. The Morgan fingerprint density at radius 3 is 2.55 bits per heavy atom. The van der Waals surface area contributed by atoms with Crippen LogP contribution < -0.4 is 10.0 Å². The van der Waals surface area contributed by atoms with E-state index in [2.05, 4.69) is 32.9 Å². The van der Waals surface area contributed by atoms with E-state index < -0.39 is 10.0 Å². The number of hydrogen-bond acceptors (Lipinski definition) is 4. The predicted octanol–water partition coefficient (Wildman–Crippen LogP) is 3.33. The summed E-state index contributed by atoms with van der Waals surface area (Å²) in [6.07, 6.45) is 1.06. The maximum Gasteiger partial charge on any atom is 0.242 e. The van der Waals surface area contributed by atoms with Crippen LogP contribution in [0.25, 0.3) is 0 Å². The molecule has 116 valence electrons. The molecule has 1 rings (SSSR count). The number of nitrogens with one attached hydrogen (secondary N) is 2. The summed E-state index contributed by atoms with van der Waals surface area (Å²) >= 11 is 4.82. The highest BCUT2D eigenvalue weighted by Gasteiger charge is 2.23. The first-order chi connectivity index (χ1) is 9.27. The standard InChI is InChI=1S/C13H23BrN2O2S2/c1-5-6-15-8-11-7-12(13(14)19-11)20(17,18)16-10(4)9(2)3/h7,9-10,15-16H,5-6,8H2,1-4H3. The number of rotatable bonds is 8. The first kappa shape index (κ1) is 18.1. The van der Waals surface area contributed by atoms with Gasteiger partial charge < -0.3 is 5.32 Å². The van der Waals surface area contributed by atoms with Gasteiger partial charge in [-0.25, -0.2) is 13.1 Å². The Bertz CT molecular complexity index is 526. The van der Waals surface area contributed by atoms with E-state index in [1.807, 2.05) is 20.8 Å². The van der Waals surface area contributed by atoms with Crippen molar-refractivity contribution < 1.29 is 8.42 Å². The van der Waals surface area contributed by atoms with Gasteiger partial charge in [0, 0.05) is 17.5 Å². The Hall–Kier alpha value is 0.0500. The summed E-state index contributed by atoms with van der Waals surface area (Å²) in [5.74, 6) is 0.257. The Labute approximate surface area is 134 Å². The summed E-state index contributed by atoms with van der Waals surface area (Å²) in [4.78, 5) is 1.35. The molecule has 2 N–H and O–H groups in total. The van der Waals surface area contributed by atoms with Gasteiger partial charge in [-0.3, -0.25) is 0 Å². The second-order valence-electron chi connectivity index (χ2n) is 5.18. The van der Waals surface area contributed by atoms with Crippen molar-refractivity contribution in [3.05, 3.63) is 14.7 Å². The lowest BCUT2D eigenvalue weighted by molar-refractivity contribution is 0.476. The summed E-state index contributed by atoms with van der Waals surface area (Å²) in [5.41, 5.74) is 0. The molecule has 0 spiro atoms. The summed E-state index contributed by atoms with van der Waals surface area (Å²) in [5, 5.41) is 3.28. The molecule has 1 aromatic heterocycles. The molecule has 0 radical (unpaired) electrons. The minimum absolute atomic E-state index is 0.0894. The zero-order valence-electron chi connectivity index (χ0n) is 12.4. The van der Waals surface area contributed by atoms with Crippen LogP contribution >= 0.6 is 27.3 Å². The molecule has 0 aliphatic carbocycles. The summed E-state index contributed by atoms with van der Waals surface area (Å²) in [6, 6.07) is 1.65. The van der Waals surface area contributed by atoms with E-state index in [0.717, 1.165) is 17.8 Å². The molecule has 7 heteroatoms. The highest BCUT2D eigenvalue weighted by Crippen LogP contribution is 2.31. The molecular weight excluding hydrogens is 360 g/mol. The van der Waals surface area contributed by atoms with Gasteiger partial charge in [0.1, 0.15) is 4.90 Å². The minimum Gasteiger partial charge on any atom is -0.312 e. The third kappa shape index (κ3) is 5.11. The second-order valence-corrected chi connectivity index (χ2v) is 9.32. The molecule has 0 bridgehead atoms. The first-order valence-corrected chi connectivity index (χ1v) is 9.88. The number of halogens is 1. The molecule has 0 saturated heterocycles. The van der Waals surface area contributed by atoms with Crippen LogP contribution in [0.1, 0.15) is 39.0 Å². The Morgan fingerprint density at radius 1 is 1.35 bits per heavy atom. The SMILES string of the molecule is CCCNCc1cc(S(=O)(=O)NC(C)C(C)C)c(Br)s1. The van der Waals surface area contributed by atoms with Crippen LogP contribution in [0.15, 0.2) is 14.7 Å². The lowest BCUT2D eigenvalue weighted by Gasteiger charge is -2.17. The van der Waals surface area contributed by atoms with E-state index in [0.29, 0.717) is 15.2 Å². The topological polar surface area (TPSA) is 58.2 Å². The van der Waals surface area contributed by atoms with Crippen LogP contribution in [0, 0.1) is 5.92 Å². The van der Waals surface area contributed by atoms with Crippen molar-refractivity contribution in [3.63, 3.8) is 0 Å². The van der Waals surface area contributed by atoms with Crippen LogP contribution in [0.4, 0.5) is 0 Å². The third-order valence-corrected chi connectivity index (χ3v) is 6.87. The van der Waals surface area contributed by atoms with Crippen molar-refractivity contribution in [2.24, 2.45) is 5.92 Å². The smallest absolute Gasteiger partial charge is 0.242 e. The van der Waals surface area contributed by atoms with Crippen molar-refractivity contribution >= 4 is 37.3 Å². The third-order valence-electron chi connectivity index (χ3n) is 3.06. The van der Waals surface area contributed by atoms with Gasteiger partial charge in [0.15, 0.2) is 0 Å². The van der Waals surface area contributed by atoms with E-state index >= 15 is 0 Å². The van der Waals surface area contributed by atoms with Gasteiger partial charge in [0.2, 0.25) is 10.0 Å². The fraction of sp³-hybridized carbons (Fsp3) is 0.692. The molecular formula is C13H23BrN2O2S2. The number of sulfonamides is 1. The van der Waals surface area contributed by atoms with E-state index in [1.54, 1.807) is 6.07 Å². The van der Waals surface area contributed by atoms with Crippen LogP contribution in [-0.2, 0) is 16.6 Å².